The van der Waals surface area contributed by atoms with Crippen molar-refractivity contribution in [3.05, 3.63) is 41.3 Å². The zero-order valence-corrected chi connectivity index (χ0v) is 10.1. The van der Waals surface area contributed by atoms with Crippen LogP contribution < -0.4 is 14.8 Å². The highest BCUT2D eigenvalue weighted by molar-refractivity contribution is 6.28. The quantitative estimate of drug-likeness (QED) is 0.862. The lowest BCUT2D eigenvalue weighted by Gasteiger charge is -2.06. The zero-order valence-electron chi connectivity index (χ0n) is 9.39. The lowest BCUT2D eigenvalue weighted by Crippen LogP contribution is -2.01. The normalized spacial score (nSPS) is 12.5. The molecule has 3 rings (SSSR count). The Kier molecular flexibility index (Phi) is 2.90. The first-order valence-electron chi connectivity index (χ1n) is 5.42. The van der Waals surface area contributed by atoms with Crippen molar-refractivity contribution in [3.8, 4) is 11.5 Å². The molecule has 0 saturated carbocycles. The van der Waals surface area contributed by atoms with Gasteiger partial charge in [0.05, 0.1) is 0 Å². The van der Waals surface area contributed by atoms with Crippen LogP contribution in [-0.2, 0) is 6.54 Å². The van der Waals surface area contributed by atoms with Crippen molar-refractivity contribution in [1.29, 1.82) is 0 Å². The van der Waals surface area contributed by atoms with Gasteiger partial charge >= 0.3 is 0 Å². The van der Waals surface area contributed by atoms with E-state index in [1.54, 1.807) is 12.3 Å². The molecule has 1 N–H and O–H groups in total. The van der Waals surface area contributed by atoms with Crippen LogP contribution in [0.3, 0.4) is 0 Å². The van der Waals surface area contributed by atoms with Crippen LogP contribution in [0, 0.1) is 0 Å². The highest BCUT2D eigenvalue weighted by atomic mass is 35.5. The second-order valence-electron chi connectivity index (χ2n) is 3.75. The van der Waals surface area contributed by atoms with Crippen LogP contribution >= 0.6 is 11.6 Å². The molecule has 92 valence electrons. The molecule has 0 amide bonds. The molecule has 0 fully saturated rings. The van der Waals surface area contributed by atoms with Crippen molar-refractivity contribution >= 4 is 17.4 Å². The van der Waals surface area contributed by atoms with E-state index in [0.29, 0.717) is 12.4 Å². The van der Waals surface area contributed by atoms with Crippen molar-refractivity contribution in [2.75, 3.05) is 12.1 Å². The summed E-state index contributed by atoms with van der Waals surface area (Å²) in [5.41, 5.74) is 1.08. The average Bonchev–Trinajstić information content (AvgIpc) is 2.84. The Morgan fingerprint density at radius 2 is 2.11 bits per heavy atom. The predicted octanol–water partition coefficient (Wildman–Crippen LogP) is 2.47. The Morgan fingerprint density at radius 1 is 1.22 bits per heavy atom. The first-order valence-corrected chi connectivity index (χ1v) is 5.80. The summed E-state index contributed by atoms with van der Waals surface area (Å²) < 4.78 is 10.6. The van der Waals surface area contributed by atoms with Gasteiger partial charge in [-0.1, -0.05) is 6.07 Å². The van der Waals surface area contributed by atoms with Crippen LogP contribution in [0.2, 0.25) is 5.28 Å². The number of benzene rings is 1. The third kappa shape index (κ3) is 2.31. The molecule has 1 aromatic heterocycles. The minimum absolute atomic E-state index is 0.227. The van der Waals surface area contributed by atoms with Crippen LogP contribution in [-0.4, -0.2) is 16.8 Å². The van der Waals surface area contributed by atoms with E-state index < -0.39 is 0 Å². The maximum atomic E-state index is 5.70. The Labute approximate surface area is 109 Å². The molecular weight excluding hydrogens is 254 g/mol. The van der Waals surface area contributed by atoms with Crippen molar-refractivity contribution in [1.82, 2.24) is 9.97 Å². The standard InChI is InChI=1S/C12H10ClN3O2/c13-12-14-4-3-11(16-12)15-6-8-1-2-9-10(5-8)18-7-17-9/h1-5H,6-7H2,(H,14,15,16). The highest BCUT2D eigenvalue weighted by Gasteiger charge is 2.12. The molecule has 0 spiro atoms. The lowest BCUT2D eigenvalue weighted by molar-refractivity contribution is 0.174. The lowest BCUT2D eigenvalue weighted by atomic mass is 10.2. The summed E-state index contributed by atoms with van der Waals surface area (Å²) in [5.74, 6) is 2.24. The molecule has 0 unspecified atom stereocenters. The average molecular weight is 264 g/mol. The fourth-order valence-corrected chi connectivity index (χ4v) is 1.82. The van der Waals surface area contributed by atoms with Crippen LogP contribution in [0.4, 0.5) is 5.82 Å². The van der Waals surface area contributed by atoms with Gasteiger partial charge in [0.25, 0.3) is 0 Å². The monoisotopic (exact) mass is 263 g/mol. The predicted molar refractivity (Wildman–Crippen MR) is 66.9 cm³/mol. The van der Waals surface area contributed by atoms with Gasteiger partial charge in [-0.25, -0.2) is 9.97 Å². The number of hydrogen-bond acceptors (Lipinski definition) is 5. The summed E-state index contributed by atoms with van der Waals surface area (Å²) in [5, 5.41) is 3.39. The van der Waals surface area contributed by atoms with E-state index >= 15 is 0 Å². The summed E-state index contributed by atoms with van der Waals surface area (Å²) in [4.78, 5) is 7.87. The summed E-state index contributed by atoms with van der Waals surface area (Å²) in [6.07, 6.45) is 1.61. The molecule has 0 saturated heterocycles. The molecule has 0 radical (unpaired) electrons. The molecule has 6 heteroatoms. The highest BCUT2D eigenvalue weighted by Crippen LogP contribution is 2.32. The van der Waals surface area contributed by atoms with E-state index in [9.17, 15) is 0 Å². The Bertz CT molecular complexity index is 577. The third-order valence-electron chi connectivity index (χ3n) is 2.54. The fraction of sp³-hybridized carbons (Fsp3) is 0.167. The number of nitrogens with one attached hydrogen (secondary N) is 1. The minimum atomic E-state index is 0.227. The maximum Gasteiger partial charge on any atom is 0.231 e. The number of nitrogens with zero attached hydrogens (tertiary/aromatic N) is 2. The molecule has 0 bridgehead atoms. The van der Waals surface area contributed by atoms with Crippen molar-refractivity contribution in [2.24, 2.45) is 0 Å². The number of aromatic nitrogens is 2. The Morgan fingerprint density at radius 3 is 3.00 bits per heavy atom. The van der Waals surface area contributed by atoms with Gasteiger partial charge in [-0.2, -0.15) is 0 Å². The van der Waals surface area contributed by atoms with Crippen LogP contribution in [0.5, 0.6) is 11.5 Å². The zero-order chi connectivity index (χ0) is 12.4. The number of anilines is 1. The van der Waals surface area contributed by atoms with E-state index in [4.69, 9.17) is 21.1 Å². The van der Waals surface area contributed by atoms with E-state index in [2.05, 4.69) is 15.3 Å². The van der Waals surface area contributed by atoms with E-state index in [1.807, 2.05) is 18.2 Å². The molecular formula is C12H10ClN3O2. The molecule has 18 heavy (non-hydrogen) atoms. The van der Waals surface area contributed by atoms with Gasteiger partial charge in [-0.15, -0.1) is 0 Å². The topological polar surface area (TPSA) is 56.3 Å². The number of hydrogen-bond donors (Lipinski definition) is 1. The minimum Gasteiger partial charge on any atom is -0.454 e. The van der Waals surface area contributed by atoms with Crippen LogP contribution in [0.15, 0.2) is 30.5 Å². The summed E-state index contributed by atoms with van der Waals surface area (Å²) in [6, 6.07) is 7.58. The van der Waals surface area contributed by atoms with Gasteiger partial charge < -0.3 is 14.8 Å². The van der Waals surface area contributed by atoms with E-state index in [-0.39, 0.29) is 12.1 Å². The number of rotatable bonds is 3. The van der Waals surface area contributed by atoms with Gasteiger partial charge in [0.2, 0.25) is 12.1 Å². The van der Waals surface area contributed by atoms with Crippen molar-refractivity contribution in [3.63, 3.8) is 0 Å². The molecule has 1 aliphatic rings. The Hall–Kier alpha value is -2.01. The Balaban J connectivity index is 1.70. The summed E-state index contributed by atoms with van der Waals surface area (Å²) >= 11 is 5.70. The summed E-state index contributed by atoms with van der Waals surface area (Å²) in [6.45, 7) is 0.914. The molecule has 1 aliphatic heterocycles. The first-order chi connectivity index (χ1) is 8.81. The second-order valence-corrected chi connectivity index (χ2v) is 4.09. The van der Waals surface area contributed by atoms with Gasteiger partial charge in [0.15, 0.2) is 11.5 Å². The molecule has 1 aromatic carbocycles. The third-order valence-corrected chi connectivity index (χ3v) is 2.72. The number of halogens is 1. The van der Waals surface area contributed by atoms with Gasteiger partial charge in [0.1, 0.15) is 5.82 Å². The molecule has 2 aromatic rings. The van der Waals surface area contributed by atoms with Crippen molar-refractivity contribution < 1.29 is 9.47 Å². The van der Waals surface area contributed by atoms with E-state index in [1.165, 1.54) is 0 Å². The van der Waals surface area contributed by atoms with E-state index in [0.717, 1.165) is 17.1 Å². The smallest absolute Gasteiger partial charge is 0.231 e. The van der Waals surface area contributed by atoms with Gasteiger partial charge in [-0.3, -0.25) is 0 Å². The van der Waals surface area contributed by atoms with Crippen LogP contribution in [0.1, 0.15) is 5.56 Å². The largest absolute Gasteiger partial charge is 0.454 e. The summed E-state index contributed by atoms with van der Waals surface area (Å²) in [7, 11) is 0. The van der Waals surface area contributed by atoms with Crippen molar-refractivity contribution in [2.45, 2.75) is 6.54 Å². The molecule has 5 nitrogen and oxygen atoms in total. The first kappa shape index (κ1) is 11.1. The number of fused-ring (bicyclic) bond motifs is 1. The maximum absolute atomic E-state index is 5.70. The second kappa shape index (κ2) is 4.70. The molecule has 0 aliphatic carbocycles. The van der Waals surface area contributed by atoms with Gasteiger partial charge in [0, 0.05) is 12.7 Å². The molecule has 0 atom stereocenters. The fourth-order valence-electron chi connectivity index (χ4n) is 1.68. The molecule has 2 heterocycles. The van der Waals surface area contributed by atoms with Crippen LogP contribution in [0.25, 0.3) is 0 Å². The SMILES string of the molecule is Clc1nccc(NCc2ccc3c(c2)OCO3)n1. The number of ether oxygens (including phenoxy) is 2. The van der Waals surface area contributed by atoms with Gasteiger partial charge in [-0.05, 0) is 35.4 Å².